The van der Waals surface area contributed by atoms with E-state index in [1.165, 1.54) is 30.4 Å². The Labute approximate surface area is 89.1 Å². The first-order valence-corrected chi connectivity index (χ1v) is 5.80. The SMILES string of the molecule is CCCC/C(=C/C(N)=C(\C)CC)CC. The van der Waals surface area contributed by atoms with Crippen molar-refractivity contribution in [2.45, 2.75) is 59.8 Å². The van der Waals surface area contributed by atoms with Gasteiger partial charge in [0.25, 0.3) is 0 Å². The first kappa shape index (κ1) is 13.3. The minimum atomic E-state index is 0.973. The average Bonchev–Trinajstić information content (AvgIpc) is 2.22. The van der Waals surface area contributed by atoms with E-state index in [1.54, 1.807) is 0 Å². The third-order valence-corrected chi connectivity index (χ3v) is 2.69. The molecule has 0 rings (SSSR count). The summed E-state index contributed by atoms with van der Waals surface area (Å²) in [5.74, 6) is 0. The maximum atomic E-state index is 5.98. The van der Waals surface area contributed by atoms with Gasteiger partial charge in [-0.25, -0.2) is 0 Å². The summed E-state index contributed by atoms with van der Waals surface area (Å²) in [7, 11) is 0. The van der Waals surface area contributed by atoms with E-state index in [4.69, 9.17) is 5.73 Å². The van der Waals surface area contributed by atoms with E-state index in [2.05, 4.69) is 33.8 Å². The van der Waals surface area contributed by atoms with Crippen molar-refractivity contribution in [3.05, 3.63) is 22.9 Å². The van der Waals surface area contributed by atoms with Crippen LogP contribution in [-0.2, 0) is 0 Å². The molecule has 82 valence electrons. The molecule has 0 aliphatic carbocycles. The number of nitrogens with two attached hydrogens (primary N) is 1. The predicted octanol–water partition coefficient (Wildman–Crippen LogP) is 4.16. The summed E-state index contributed by atoms with van der Waals surface area (Å²) >= 11 is 0. The summed E-state index contributed by atoms with van der Waals surface area (Å²) in [6.07, 6.45) is 8.08. The van der Waals surface area contributed by atoms with Gasteiger partial charge in [0.15, 0.2) is 0 Å². The van der Waals surface area contributed by atoms with Crippen LogP contribution in [0.15, 0.2) is 22.9 Å². The third kappa shape index (κ3) is 5.11. The van der Waals surface area contributed by atoms with Gasteiger partial charge >= 0.3 is 0 Å². The van der Waals surface area contributed by atoms with E-state index in [-0.39, 0.29) is 0 Å². The first-order valence-electron chi connectivity index (χ1n) is 5.80. The van der Waals surface area contributed by atoms with Gasteiger partial charge in [-0.2, -0.15) is 0 Å². The highest BCUT2D eigenvalue weighted by Crippen LogP contribution is 2.14. The van der Waals surface area contributed by atoms with Crippen LogP contribution in [0.2, 0.25) is 0 Å². The molecule has 0 spiro atoms. The Morgan fingerprint density at radius 1 is 1.14 bits per heavy atom. The van der Waals surface area contributed by atoms with Crippen molar-refractivity contribution >= 4 is 0 Å². The number of allylic oxidation sites excluding steroid dienone is 3. The lowest BCUT2D eigenvalue weighted by atomic mass is 10.0. The number of rotatable bonds is 6. The van der Waals surface area contributed by atoms with Gasteiger partial charge < -0.3 is 5.73 Å². The van der Waals surface area contributed by atoms with Gasteiger partial charge in [0.2, 0.25) is 0 Å². The van der Waals surface area contributed by atoms with Crippen LogP contribution in [0.1, 0.15) is 59.8 Å². The normalized spacial score (nSPS) is 14.1. The minimum absolute atomic E-state index is 0.973. The van der Waals surface area contributed by atoms with E-state index in [0.29, 0.717) is 0 Å². The Morgan fingerprint density at radius 2 is 1.79 bits per heavy atom. The van der Waals surface area contributed by atoms with Crippen molar-refractivity contribution in [3.8, 4) is 0 Å². The molecule has 0 saturated carbocycles. The minimum Gasteiger partial charge on any atom is -0.399 e. The van der Waals surface area contributed by atoms with Gasteiger partial charge in [0.1, 0.15) is 0 Å². The van der Waals surface area contributed by atoms with E-state index < -0.39 is 0 Å². The van der Waals surface area contributed by atoms with Crippen LogP contribution < -0.4 is 5.73 Å². The zero-order chi connectivity index (χ0) is 11.0. The lowest BCUT2D eigenvalue weighted by Gasteiger charge is -2.06. The fourth-order valence-corrected chi connectivity index (χ4v) is 1.30. The summed E-state index contributed by atoms with van der Waals surface area (Å²) in [4.78, 5) is 0. The summed E-state index contributed by atoms with van der Waals surface area (Å²) in [5, 5.41) is 0. The smallest absolute Gasteiger partial charge is 0.0302 e. The molecule has 0 heterocycles. The van der Waals surface area contributed by atoms with Crippen LogP contribution in [-0.4, -0.2) is 0 Å². The fraction of sp³-hybridized carbons (Fsp3) is 0.692. The van der Waals surface area contributed by atoms with Gasteiger partial charge in [-0.3, -0.25) is 0 Å². The van der Waals surface area contributed by atoms with Crippen LogP contribution in [0.4, 0.5) is 0 Å². The molecule has 2 N–H and O–H groups in total. The maximum Gasteiger partial charge on any atom is 0.0302 e. The van der Waals surface area contributed by atoms with Crippen molar-refractivity contribution in [1.29, 1.82) is 0 Å². The highest BCUT2D eigenvalue weighted by Gasteiger charge is 1.97. The van der Waals surface area contributed by atoms with Crippen LogP contribution in [0, 0.1) is 0 Å². The second-order valence-electron chi connectivity index (χ2n) is 3.85. The molecule has 0 atom stereocenters. The van der Waals surface area contributed by atoms with E-state index in [9.17, 15) is 0 Å². The maximum absolute atomic E-state index is 5.98. The van der Waals surface area contributed by atoms with Gasteiger partial charge in [0, 0.05) is 5.70 Å². The largest absolute Gasteiger partial charge is 0.399 e. The molecule has 0 unspecified atom stereocenters. The highest BCUT2D eigenvalue weighted by atomic mass is 14.6. The van der Waals surface area contributed by atoms with Crippen molar-refractivity contribution in [3.63, 3.8) is 0 Å². The molecule has 1 heteroatoms. The molecule has 0 aromatic carbocycles. The van der Waals surface area contributed by atoms with Gasteiger partial charge in [0.05, 0.1) is 0 Å². The second-order valence-corrected chi connectivity index (χ2v) is 3.85. The van der Waals surface area contributed by atoms with E-state index in [1.807, 2.05) is 0 Å². The zero-order valence-electron chi connectivity index (χ0n) is 10.2. The fourth-order valence-electron chi connectivity index (χ4n) is 1.30. The van der Waals surface area contributed by atoms with Crippen molar-refractivity contribution in [2.24, 2.45) is 5.73 Å². The van der Waals surface area contributed by atoms with Crippen molar-refractivity contribution in [1.82, 2.24) is 0 Å². The molecule has 0 bridgehead atoms. The molecule has 0 aliphatic heterocycles. The molecule has 0 saturated heterocycles. The molecule has 0 aromatic rings. The Morgan fingerprint density at radius 3 is 2.21 bits per heavy atom. The van der Waals surface area contributed by atoms with Crippen LogP contribution in [0.5, 0.6) is 0 Å². The Balaban J connectivity index is 4.42. The van der Waals surface area contributed by atoms with Gasteiger partial charge in [-0.05, 0) is 38.7 Å². The summed E-state index contributed by atoms with van der Waals surface area (Å²) < 4.78 is 0. The Bertz CT molecular complexity index is 211. The molecule has 0 fully saturated rings. The number of unbranched alkanes of at least 4 members (excludes halogenated alkanes) is 1. The summed E-state index contributed by atoms with van der Waals surface area (Å²) in [6, 6.07) is 0. The molecule has 0 radical (unpaired) electrons. The molecule has 0 amide bonds. The lowest BCUT2D eigenvalue weighted by Crippen LogP contribution is -1.99. The summed E-state index contributed by atoms with van der Waals surface area (Å²) in [6.45, 7) is 8.69. The molecular formula is C13H25N. The van der Waals surface area contributed by atoms with E-state index >= 15 is 0 Å². The predicted molar refractivity (Wildman–Crippen MR) is 65.1 cm³/mol. The number of hydrogen-bond donors (Lipinski definition) is 1. The standard InChI is InChI=1S/C13H25N/c1-5-8-9-12(7-3)10-13(14)11(4)6-2/h10H,5-9,14H2,1-4H3/b12-10+,13-11-. The lowest BCUT2D eigenvalue weighted by molar-refractivity contribution is 0.765. The zero-order valence-corrected chi connectivity index (χ0v) is 10.2. The molecule has 1 nitrogen and oxygen atoms in total. The topological polar surface area (TPSA) is 26.0 Å². The van der Waals surface area contributed by atoms with Gasteiger partial charge in [-0.15, -0.1) is 0 Å². The van der Waals surface area contributed by atoms with E-state index in [0.717, 1.165) is 18.5 Å². The van der Waals surface area contributed by atoms with Crippen molar-refractivity contribution < 1.29 is 0 Å². The number of hydrogen-bond acceptors (Lipinski definition) is 1. The summed E-state index contributed by atoms with van der Waals surface area (Å²) in [5.41, 5.74) is 9.73. The first-order chi connectivity index (χ1) is 6.65. The van der Waals surface area contributed by atoms with Crippen molar-refractivity contribution in [2.75, 3.05) is 0 Å². The molecule has 0 aliphatic rings. The van der Waals surface area contributed by atoms with Gasteiger partial charge in [-0.1, -0.05) is 38.3 Å². The van der Waals surface area contributed by atoms with Crippen LogP contribution in [0.3, 0.4) is 0 Å². The molecule has 14 heavy (non-hydrogen) atoms. The van der Waals surface area contributed by atoms with Crippen LogP contribution >= 0.6 is 0 Å². The average molecular weight is 195 g/mol. The van der Waals surface area contributed by atoms with Crippen LogP contribution in [0.25, 0.3) is 0 Å². The Hall–Kier alpha value is -0.720. The Kier molecular flexibility index (Phi) is 7.27. The monoisotopic (exact) mass is 195 g/mol. The second kappa shape index (κ2) is 7.66. The molecule has 0 aromatic heterocycles. The highest BCUT2D eigenvalue weighted by molar-refractivity contribution is 5.25. The molecular weight excluding hydrogens is 170 g/mol. The quantitative estimate of drug-likeness (QED) is 0.633. The third-order valence-electron chi connectivity index (χ3n) is 2.69.